The fraction of sp³-hybridized carbons (Fsp3) is 0.333. The van der Waals surface area contributed by atoms with Gasteiger partial charge < -0.3 is 5.11 Å². The van der Waals surface area contributed by atoms with Gasteiger partial charge in [-0.3, -0.25) is 9.69 Å². The Balaban J connectivity index is 2.32. The molecule has 1 atom stereocenters. The van der Waals surface area contributed by atoms with Crippen LogP contribution in [0.1, 0.15) is 25.5 Å². The molecule has 2 aromatic rings. The molecular weight excluding hydrogens is 254 g/mol. The highest BCUT2D eigenvalue weighted by Gasteiger charge is 2.26. The number of carbonyl (C=O) groups is 1. The maximum Gasteiger partial charge on any atom is 0.325 e. The standard InChI is InChI=1S/C15H19N3O2/c1-3-17(4-2)14(15(19)20)12-10-16-18(11-12)13-8-6-5-7-9-13/h5-11,14H,3-4H2,1-2H3,(H,19,20). The van der Waals surface area contributed by atoms with Crippen molar-refractivity contribution in [3.8, 4) is 5.69 Å². The van der Waals surface area contributed by atoms with Gasteiger partial charge in [0.15, 0.2) is 0 Å². The van der Waals surface area contributed by atoms with Crippen molar-refractivity contribution in [3.63, 3.8) is 0 Å². The molecule has 1 aromatic carbocycles. The molecule has 0 bridgehead atoms. The van der Waals surface area contributed by atoms with E-state index in [1.165, 1.54) is 0 Å². The number of para-hydroxylation sites is 1. The second-order valence-corrected chi connectivity index (χ2v) is 4.52. The summed E-state index contributed by atoms with van der Waals surface area (Å²) in [5.74, 6) is -0.846. The molecule has 20 heavy (non-hydrogen) atoms. The minimum Gasteiger partial charge on any atom is -0.480 e. The third kappa shape index (κ3) is 2.88. The summed E-state index contributed by atoms with van der Waals surface area (Å²) in [6, 6.07) is 9.01. The molecule has 0 radical (unpaired) electrons. The highest BCUT2D eigenvalue weighted by atomic mass is 16.4. The molecule has 0 fully saturated rings. The van der Waals surface area contributed by atoms with Gasteiger partial charge in [0.25, 0.3) is 0 Å². The first-order chi connectivity index (χ1) is 9.67. The zero-order valence-electron chi connectivity index (χ0n) is 11.7. The van der Waals surface area contributed by atoms with E-state index in [0.717, 1.165) is 5.69 Å². The number of carboxylic acids is 1. The zero-order valence-corrected chi connectivity index (χ0v) is 11.7. The topological polar surface area (TPSA) is 58.4 Å². The number of aromatic nitrogens is 2. The Kier molecular flexibility index (Phi) is 4.53. The van der Waals surface area contributed by atoms with Crippen LogP contribution in [0.2, 0.25) is 0 Å². The molecule has 0 aliphatic rings. The van der Waals surface area contributed by atoms with Crippen LogP contribution in [0.5, 0.6) is 0 Å². The van der Waals surface area contributed by atoms with E-state index in [1.54, 1.807) is 17.1 Å². The van der Waals surface area contributed by atoms with Gasteiger partial charge in [0.1, 0.15) is 6.04 Å². The molecule has 1 unspecified atom stereocenters. The largest absolute Gasteiger partial charge is 0.480 e. The summed E-state index contributed by atoms with van der Waals surface area (Å²) in [4.78, 5) is 13.4. The predicted molar refractivity (Wildman–Crippen MR) is 76.9 cm³/mol. The summed E-state index contributed by atoms with van der Waals surface area (Å²) in [7, 11) is 0. The van der Waals surface area contributed by atoms with Crippen LogP contribution in [0, 0.1) is 0 Å². The highest BCUT2D eigenvalue weighted by Crippen LogP contribution is 2.21. The molecule has 0 amide bonds. The highest BCUT2D eigenvalue weighted by molar-refractivity contribution is 5.75. The molecule has 1 aromatic heterocycles. The van der Waals surface area contributed by atoms with Crippen LogP contribution in [0.4, 0.5) is 0 Å². The molecule has 0 saturated carbocycles. The smallest absolute Gasteiger partial charge is 0.325 e. The van der Waals surface area contributed by atoms with Gasteiger partial charge in [0.2, 0.25) is 0 Å². The van der Waals surface area contributed by atoms with Crippen molar-refractivity contribution in [2.45, 2.75) is 19.9 Å². The van der Waals surface area contributed by atoms with Gasteiger partial charge in [-0.05, 0) is 25.2 Å². The normalized spacial score (nSPS) is 12.6. The number of nitrogens with zero attached hydrogens (tertiary/aromatic N) is 3. The fourth-order valence-corrected chi connectivity index (χ4v) is 2.30. The molecule has 0 saturated heterocycles. The van der Waals surface area contributed by atoms with Crippen molar-refractivity contribution in [3.05, 3.63) is 48.3 Å². The maximum atomic E-state index is 11.5. The van der Waals surface area contributed by atoms with E-state index >= 15 is 0 Å². The van der Waals surface area contributed by atoms with E-state index in [9.17, 15) is 9.90 Å². The van der Waals surface area contributed by atoms with E-state index in [1.807, 2.05) is 49.1 Å². The first kappa shape index (κ1) is 14.3. The molecule has 1 N–H and O–H groups in total. The maximum absolute atomic E-state index is 11.5. The molecular formula is C15H19N3O2. The first-order valence-electron chi connectivity index (χ1n) is 6.74. The summed E-state index contributed by atoms with van der Waals surface area (Å²) in [6.45, 7) is 5.29. The van der Waals surface area contributed by atoms with Gasteiger partial charge in [-0.25, -0.2) is 4.68 Å². The van der Waals surface area contributed by atoms with Gasteiger partial charge in [-0.15, -0.1) is 0 Å². The lowest BCUT2D eigenvalue weighted by Crippen LogP contribution is -2.33. The van der Waals surface area contributed by atoms with Gasteiger partial charge in [-0.2, -0.15) is 5.10 Å². The molecule has 0 aliphatic carbocycles. The van der Waals surface area contributed by atoms with Crippen molar-refractivity contribution in [2.24, 2.45) is 0 Å². The van der Waals surface area contributed by atoms with E-state index < -0.39 is 12.0 Å². The summed E-state index contributed by atoms with van der Waals surface area (Å²) >= 11 is 0. The van der Waals surface area contributed by atoms with Gasteiger partial charge in [-0.1, -0.05) is 32.0 Å². The number of likely N-dealkylation sites (N-methyl/N-ethyl adjacent to an activating group) is 1. The van der Waals surface area contributed by atoms with E-state index in [4.69, 9.17) is 0 Å². The van der Waals surface area contributed by atoms with E-state index in [-0.39, 0.29) is 0 Å². The Bertz CT molecular complexity index is 562. The summed E-state index contributed by atoms with van der Waals surface area (Å²) < 4.78 is 1.70. The monoisotopic (exact) mass is 273 g/mol. The van der Waals surface area contributed by atoms with Crippen LogP contribution in [0.15, 0.2) is 42.7 Å². The molecule has 2 rings (SSSR count). The summed E-state index contributed by atoms with van der Waals surface area (Å²) in [5.41, 5.74) is 1.62. The number of rotatable bonds is 6. The average molecular weight is 273 g/mol. The van der Waals surface area contributed by atoms with Crippen molar-refractivity contribution in [1.82, 2.24) is 14.7 Å². The lowest BCUT2D eigenvalue weighted by atomic mass is 10.1. The Morgan fingerprint density at radius 1 is 1.30 bits per heavy atom. The molecule has 106 valence electrons. The van der Waals surface area contributed by atoms with E-state index in [2.05, 4.69) is 5.10 Å². The summed E-state index contributed by atoms with van der Waals surface area (Å²) in [6.07, 6.45) is 3.41. The second-order valence-electron chi connectivity index (χ2n) is 4.52. The Labute approximate surface area is 118 Å². The summed E-state index contributed by atoms with van der Waals surface area (Å²) in [5, 5.41) is 13.7. The lowest BCUT2D eigenvalue weighted by Gasteiger charge is -2.25. The van der Waals surface area contributed by atoms with Crippen molar-refractivity contribution in [1.29, 1.82) is 0 Å². The molecule has 5 heteroatoms. The van der Waals surface area contributed by atoms with Crippen LogP contribution in [-0.4, -0.2) is 38.8 Å². The number of carboxylic acid groups (broad SMARTS) is 1. The van der Waals surface area contributed by atoms with Gasteiger partial charge in [0.05, 0.1) is 11.9 Å². The third-order valence-electron chi connectivity index (χ3n) is 3.35. The molecule has 0 aliphatic heterocycles. The Morgan fingerprint density at radius 3 is 2.50 bits per heavy atom. The minimum atomic E-state index is -0.846. The Hall–Kier alpha value is -2.14. The average Bonchev–Trinajstić information content (AvgIpc) is 2.94. The van der Waals surface area contributed by atoms with Crippen LogP contribution in [-0.2, 0) is 4.79 Å². The predicted octanol–water partition coefficient (Wildman–Crippen LogP) is 2.34. The molecule has 0 spiro atoms. The van der Waals surface area contributed by atoms with Crippen molar-refractivity contribution < 1.29 is 9.90 Å². The Morgan fingerprint density at radius 2 is 1.95 bits per heavy atom. The first-order valence-corrected chi connectivity index (χ1v) is 6.74. The van der Waals surface area contributed by atoms with Gasteiger partial charge >= 0.3 is 5.97 Å². The van der Waals surface area contributed by atoms with E-state index in [0.29, 0.717) is 18.7 Å². The number of aliphatic carboxylic acids is 1. The number of benzene rings is 1. The SMILES string of the molecule is CCN(CC)C(C(=O)O)c1cnn(-c2ccccc2)c1. The minimum absolute atomic E-state index is 0.650. The molecule has 1 heterocycles. The van der Waals surface area contributed by atoms with Crippen LogP contribution < -0.4 is 0 Å². The second kappa shape index (κ2) is 6.34. The van der Waals surface area contributed by atoms with Crippen molar-refractivity contribution >= 4 is 5.97 Å². The van der Waals surface area contributed by atoms with Crippen LogP contribution >= 0.6 is 0 Å². The fourth-order valence-electron chi connectivity index (χ4n) is 2.30. The quantitative estimate of drug-likeness (QED) is 0.877. The molecule has 5 nitrogen and oxygen atoms in total. The number of hydrogen-bond acceptors (Lipinski definition) is 3. The lowest BCUT2D eigenvalue weighted by molar-refractivity contribution is -0.143. The van der Waals surface area contributed by atoms with Gasteiger partial charge in [0, 0.05) is 11.8 Å². The number of hydrogen-bond donors (Lipinski definition) is 1. The van der Waals surface area contributed by atoms with Crippen LogP contribution in [0.3, 0.4) is 0 Å². The third-order valence-corrected chi connectivity index (χ3v) is 3.35. The van der Waals surface area contributed by atoms with Crippen molar-refractivity contribution in [2.75, 3.05) is 13.1 Å². The zero-order chi connectivity index (χ0) is 14.5. The van der Waals surface area contributed by atoms with Crippen LogP contribution in [0.25, 0.3) is 5.69 Å².